The molecular weight excluding hydrogens is 1190 g/mol. The Morgan fingerprint density at radius 1 is 0.394 bits per heavy atom. The fraction of sp³-hybridized carbons (Fsp3) is 0.342. The second-order valence-corrected chi connectivity index (χ2v) is 24.5. The average Bonchev–Trinajstić information content (AvgIpc) is 1.55. The highest BCUT2D eigenvalue weighted by molar-refractivity contribution is 6.18. The van der Waals surface area contributed by atoms with Gasteiger partial charge in [0, 0.05) is 92.0 Å². The standard InChI is InChI=1S/C73H88N12O9/c1-43-55(58-37-52(92-4)25-28-61(58)80-43)40-64(86)71(77,31-7-10-34-74)68(89)83-49-19-13-46(14-20-49)67(47-15-21-50(22-16-47)84-69(90)72(78,32-8-11-35-75)65(87)41-56-44(2)81-62-29-26-53(93-5)38-59(56)62)48-17-23-51(24-18-48)85-70(91)73(79,33-9-12-36-76)66(88)42-57-45(3)82-63-30-27-54(94-6)39-60(57)63/h13-30,37-39,67,80-82H,7-12,31-36,40-42,74-79H2,1-6H3,(H,83,89)(H,84,90)(H,85,91)/t71-,72-,73-/m1/s1. The summed E-state index contributed by atoms with van der Waals surface area (Å²) in [7, 11) is 4.71. The Bertz CT molecular complexity index is 3790. The number of anilines is 3. The lowest BCUT2D eigenvalue weighted by Gasteiger charge is -2.28. The van der Waals surface area contributed by atoms with Crippen LogP contribution in [-0.4, -0.2) is 108 Å². The van der Waals surface area contributed by atoms with Crippen LogP contribution in [0.2, 0.25) is 0 Å². The smallest absolute Gasteiger partial charge is 0.252 e. The van der Waals surface area contributed by atoms with E-state index in [2.05, 4.69) is 30.9 Å². The number of Topliss-reactive ketones (excluding diaryl/α,β-unsaturated/α-hetero) is 3. The van der Waals surface area contributed by atoms with Gasteiger partial charge >= 0.3 is 0 Å². The molecule has 0 aliphatic carbocycles. The summed E-state index contributed by atoms with van der Waals surface area (Å²) in [6.45, 7) is 6.69. The van der Waals surface area contributed by atoms with Gasteiger partial charge in [-0.2, -0.15) is 0 Å². The molecule has 0 saturated carbocycles. The number of ether oxygens (including phenoxy) is 3. The SMILES string of the molecule is COc1ccc2[nH]c(C)c(CC(=O)[C@](N)(CCCCN)C(=O)Nc3ccc(C(c4ccc(NC(=O)[C@@](N)(CCCCN)C(=O)Cc5c(C)[nH]c6ccc(OC)cc56)cc4)c4ccc(NC(=O)[C@@](N)(CCCCN)C(=O)Cc5c(C)[nH]c6ccc(OC)cc56)cc4)cc3)c2c1. The second-order valence-electron chi connectivity index (χ2n) is 24.5. The highest BCUT2D eigenvalue weighted by Crippen LogP contribution is 2.37. The molecule has 94 heavy (non-hydrogen) atoms. The number of aryl methyl sites for hydroxylation is 3. The first-order valence-electron chi connectivity index (χ1n) is 31.9. The summed E-state index contributed by atoms with van der Waals surface area (Å²) < 4.78 is 16.5. The van der Waals surface area contributed by atoms with Crippen molar-refractivity contribution in [2.24, 2.45) is 34.4 Å². The van der Waals surface area contributed by atoms with Crippen LogP contribution >= 0.6 is 0 Å². The van der Waals surface area contributed by atoms with Gasteiger partial charge in [0.1, 0.15) is 17.2 Å². The van der Waals surface area contributed by atoms with Gasteiger partial charge in [-0.3, -0.25) is 28.8 Å². The zero-order valence-electron chi connectivity index (χ0n) is 54.4. The first kappa shape index (κ1) is 68.9. The number of amides is 3. The summed E-state index contributed by atoms with van der Waals surface area (Å²) >= 11 is 0. The predicted molar refractivity (Wildman–Crippen MR) is 371 cm³/mol. The minimum absolute atomic E-state index is 0.0573. The van der Waals surface area contributed by atoms with Crippen LogP contribution in [-0.2, 0) is 48.0 Å². The van der Waals surface area contributed by atoms with Crippen molar-refractivity contribution in [1.29, 1.82) is 0 Å². The number of H-pyrrole nitrogens is 3. The fourth-order valence-corrected chi connectivity index (χ4v) is 12.5. The lowest BCUT2D eigenvalue weighted by atomic mass is 9.83. The van der Waals surface area contributed by atoms with Crippen LogP contribution in [0.1, 0.15) is 114 Å². The van der Waals surface area contributed by atoms with Crippen LogP contribution in [0.4, 0.5) is 17.1 Å². The summed E-state index contributed by atoms with van der Waals surface area (Å²) in [5, 5.41) is 11.2. The third-order valence-corrected chi connectivity index (χ3v) is 18.3. The molecule has 0 fully saturated rings. The molecule has 3 atom stereocenters. The maximum Gasteiger partial charge on any atom is 0.252 e. The molecule has 0 aliphatic rings. The number of hydrogen-bond acceptors (Lipinski definition) is 15. The monoisotopic (exact) mass is 1280 g/mol. The topological polar surface area (TPSA) is 370 Å². The zero-order chi connectivity index (χ0) is 67.5. The molecular formula is C73H88N12O9. The second kappa shape index (κ2) is 30.1. The predicted octanol–water partition coefficient (Wildman–Crippen LogP) is 8.99. The molecule has 0 bridgehead atoms. The number of aromatic amines is 3. The summed E-state index contributed by atoms with van der Waals surface area (Å²) in [4.78, 5) is 97.0. The maximum atomic E-state index is 14.5. The van der Waals surface area contributed by atoms with Gasteiger partial charge in [-0.1, -0.05) is 36.4 Å². The van der Waals surface area contributed by atoms with Crippen LogP contribution in [0.5, 0.6) is 17.2 Å². The number of unbranched alkanes of at least 4 members (excludes halogenated alkanes) is 3. The van der Waals surface area contributed by atoms with E-state index in [0.29, 0.717) is 109 Å². The quantitative estimate of drug-likeness (QED) is 0.0104. The van der Waals surface area contributed by atoms with Crippen molar-refractivity contribution < 1.29 is 43.0 Å². The van der Waals surface area contributed by atoms with E-state index in [-0.39, 0.29) is 38.5 Å². The first-order chi connectivity index (χ1) is 45.1. The third-order valence-electron chi connectivity index (χ3n) is 18.3. The largest absolute Gasteiger partial charge is 0.497 e. The number of rotatable bonds is 33. The Morgan fingerprint density at radius 2 is 0.649 bits per heavy atom. The minimum atomic E-state index is -1.92. The molecule has 9 aromatic rings. The van der Waals surface area contributed by atoms with Gasteiger partial charge in [0.05, 0.1) is 21.3 Å². The summed E-state index contributed by atoms with van der Waals surface area (Å²) in [5.74, 6) is -2.04. The Labute approximate surface area is 547 Å². The summed E-state index contributed by atoms with van der Waals surface area (Å²) in [5.41, 5.74) is 43.1. The number of methoxy groups -OCH3 is 3. The number of aromatic nitrogens is 3. The lowest BCUT2D eigenvalue weighted by Crippen LogP contribution is -2.58. The molecule has 18 N–H and O–H groups in total. The van der Waals surface area contributed by atoms with Gasteiger partial charge in [-0.15, -0.1) is 0 Å². The van der Waals surface area contributed by atoms with Crippen molar-refractivity contribution in [3.8, 4) is 17.2 Å². The Hall–Kier alpha value is -9.48. The van der Waals surface area contributed by atoms with Crippen molar-refractivity contribution >= 4 is 84.8 Å². The maximum absolute atomic E-state index is 14.5. The molecule has 3 amide bonds. The summed E-state index contributed by atoms with van der Waals surface area (Å²) in [6.07, 6.45) is 2.80. The molecule has 21 nitrogen and oxygen atoms in total. The zero-order valence-corrected chi connectivity index (χ0v) is 54.4. The summed E-state index contributed by atoms with van der Waals surface area (Å²) in [6, 6.07) is 38.2. The van der Waals surface area contributed by atoms with Crippen molar-refractivity contribution in [3.63, 3.8) is 0 Å². The van der Waals surface area contributed by atoms with Crippen LogP contribution in [0, 0.1) is 20.8 Å². The highest BCUT2D eigenvalue weighted by Gasteiger charge is 2.44. The van der Waals surface area contributed by atoms with Crippen molar-refractivity contribution in [2.75, 3.05) is 56.9 Å². The van der Waals surface area contributed by atoms with Gasteiger partial charge in [-0.25, -0.2) is 0 Å². The van der Waals surface area contributed by atoms with E-state index < -0.39 is 57.6 Å². The molecule has 0 aliphatic heterocycles. The van der Waals surface area contributed by atoms with Gasteiger partial charge < -0.3 is 79.5 Å². The van der Waals surface area contributed by atoms with Crippen LogP contribution in [0.25, 0.3) is 32.7 Å². The third kappa shape index (κ3) is 15.0. The van der Waals surface area contributed by atoms with Gasteiger partial charge in [0.15, 0.2) is 34.0 Å². The molecule has 3 aromatic heterocycles. The van der Waals surface area contributed by atoms with Crippen LogP contribution in [0.15, 0.2) is 127 Å². The fourth-order valence-electron chi connectivity index (χ4n) is 12.5. The van der Waals surface area contributed by atoms with Crippen molar-refractivity contribution in [1.82, 2.24) is 15.0 Å². The molecule has 0 saturated heterocycles. The van der Waals surface area contributed by atoms with Crippen molar-refractivity contribution in [2.45, 2.75) is 120 Å². The molecule has 0 unspecified atom stereocenters. The van der Waals surface area contributed by atoms with Gasteiger partial charge in [0.2, 0.25) is 0 Å². The van der Waals surface area contributed by atoms with E-state index in [0.717, 1.165) is 66.5 Å². The number of carbonyl (C=O) groups excluding carboxylic acids is 6. The normalized spacial score (nSPS) is 13.5. The molecule has 21 heteroatoms. The molecule has 9 rings (SSSR count). The average molecular weight is 1280 g/mol. The van der Waals surface area contributed by atoms with Gasteiger partial charge in [0.25, 0.3) is 17.7 Å². The van der Waals surface area contributed by atoms with Crippen LogP contribution in [0.3, 0.4) is 0 Å². The lowest BCUT2D eigenvalue weighted by molar-refractivity contribution is -0.134. The molecule has 0 radical (unpaired) electrons. The molecule has 494 valence electrons. The Kier molecular flexibility index (Phi) is 22.0. The highest BCUT2D eigenvalue weighted by atomic mass is 16.5. The number of benzene rings is 6. The minimum Gasteiger partial charge on any atom is -0.497 e. The van der Waals surface area contributed by atoms with Crippen molar-refractivity contribution in [3.05, 3.63) is 178 Å². The van der Waals surface area contributed by atoms with Crippen LogP contribution < -0.4 is 64.6 Å². The number of nitrogens with two attached hydrogens (primary N) is 6. The number of hydrogen-bond donors (Lipinski definition) is 12. The Morgan fingerprint density at radius 3 is 0.883 bits per heavy atom. The van der Waals surface area contributed by atoms with E-state index in [1.165, 1.54) is 0 Å². The van der Waals surface area contributed by atoms with E-state index in [9.17, 15) is 28.8 Å². The number of carbonyl (C=O) groups is 6. The Balaban J connectivity index is 1.01. The number of ketones is 3. The van der Waals surface area contributed by atoms with E-state index >= 15 is 0 Å². The number of nitrogens with one attached hydrogen (secondary N) is 6. The first-order valence-corrected chi connectivity index (χ1v) is 31.9. The van der Waals surface area contributed by atoms with E-state index in [4.69, 9.17) is 48.6 Å². The molecule has 0 spiro atoms. The van der Waals surface area contributed by atoms with E-state index in [1.54, 1.807) is 57.7 Å². The van der Waals surface area contributed by atoms with E-state index in [1.807, 2.05) is 112 Å². The molecule has 3 heterocycles. The van der Waals surface area contributed by atoms with Gasteiger partial charge in [-0.05, 0) is 223 Å². The molecule has 6 aromatic carbocycles. The number of fused-ring (bicyclic) bond motifs is 3.